The number of hydrogen-bond acceptors (Lipinski definition) is 4. The quantitative estimate of drug-likeness (QED) is 0.818. The second kappa shape index (κ2) is 5.88. The summed E-state index contributed by atoms with van der Waals surface area (Å²) in [4.78, 5) is 9.15. The van der Waals surface area contributed by atoms with Crippen LogP contribution < -0.4 is 9.64 Å². The summed E-state index contributed by atoms with van der Waals surface area (Å²) in [5.74, 6) is -0.0139. The maximum atomic E-state index is 12.7. The molecule has 1 rings (SSSR count). The summed E-state index contributed by atoms with van der Waals surface area (Å²) in [6, 6.07) is 0.816. The van der Waals surface area contributed by atoms with Crippen LogP contribution in [0.3, 0.4) is 0 Å². The van der Waals surface area contributed by atoms with Crippen molar-refractivity contribution in [2.75, 3.05) is 24.6 Å². The van der Waals surface area contributed by atoms with Crippen molar-refractivity contribution >= 4 is 5.95 Å². The van der Waals surface area contributed by atoms with Crippen molar-refractivity contribution < 1.29 is 17.9 Å². The number of alkyl halides is 3. The van der Waals surface area contributed by atoms with Crippen LogP contribution in [-0.4, -0.2) is 29.7 Å². The third-order valence-electron chi connectivity index (χ3n) is 2.32. The number of anilines is 1. The van der Waals surface area contributed by atoms with Gasteiger partial charge in [-0.2, -0.15) is 18.2 Å². The second-order valence-corrected chi connectivity index (χ2v) is 3.49. The zero-order valence-electron chi connectivity index (χ0n) is 10.6. The molecule has 0 aliphatic carbocycles. The van der Waals surface area contributed by atoms with Crippen molar-refractivity contribution in [3.8, 4) is 5.88 Å². The van der Waals surface area contributed by atoms with Crippen molar-refractivity contribution in [2.45, 2.75) is 26.9 Å². The van der Waals surface area contributed by atoms with E-state index in [0.717, 1.165) is 6.07 Å². The lowest BCUT2D eigenvalue weighted by molar-refractivity contribution is -0.141. The Hall–Kier alpha value is -1.53. The lowest BCUT2D eigenvalue weighted by atomic mass is 10.4. The van der Waals surface area contributed by atoms with Crippen LogP contribution >= 0.6 is 0 Å². The standard InChI is InChI=1S/C11H16F3N3O/c1-4-17(5-2)10-15-8(11(12,13)14)7-9(16-10)18-6-3/h7H,4-6H2,1-3H3. The van der Waals surface area contributed by atoms with Gasteiger partial charge in [0.25, 0.3) is 0 Å². The zero-order valence-corrected chi connectivity index (χ0v) is 10.6. The highest BCUT2D eigenvalue weighted by Gasteiger charge is 2.34. The number of hydrogen-bond donors (Lipinski definition) is 0. The molecule has 0 fully saturated rings. The molecule has 7 heteroatoms. The van der Waals surface area contributed by atoms with Gasteiger partial charge in [-0.05, 0) is 20.8 Å². The number of halogens is 3. The highest BCUT2D eigenvalue weighted by Crippen LogP contribution is 2.30. The molecule has 0 saturated heterocycles. The first-order valence-corrected chi connectivity index (χ1v) is 5.76. The van der Waals surface area contributed by atoms with Crippen molar-refractivity contribution in [1.29, 1.82) is 0 Å². The van der Waals surface area contributed by atoms with E-state index >= 15 is 0 Å². The van der Waals surface area contributed by atoms with E-state index in [-0.39, 0.29) is 18.4 Å². The normalized spacial score (nSPS) is 11.4. The summed E-state index contributed by atoms with van der Waals surface area (Å²) in [6.45, 7) is 6.66. The Morgan fingerprint density at radius 2 is 1.78 bits per heavy atom. The predicted octanol–water partition coefficient (Wildman–Crippen LogP) is 2.74. The minimum Gasteiger partial charge on any atom is -0.478 e. The highest BCUT2D eigenvalue weighted by atomic mass is 19.4. The monoisotopic (exact) mass is 263 g/mol. The molecule has 1 heterocycles. The first-order valence-electron chi connectivity index (χ1n) is 5.76. The maximum Gasteiger partial charge on any atom is 0.433 e. The van der Waals surface area contributed by atoms with Gasteiger partial charge in [-0.15, -0.1) is 0 Å². The van der Waals surface area contributed by atoms with Crippen LogP contribution in [0.15, 0.2) is 6.07 Å². The molecule has 0 N–H and O–H groups in total. The van der Waals surface area contributed by atoms with E-state index in [1.54, 1.807) is 11.8 Å². The van der Waals surface area contributed by atoms with E-state index < -0.39 is 11.9 Å². The fraction of sp³-hybridized carbons (Fsp3) is 0.636. The van der Waals surface area contributed by atoms with Crippen LogP contribution in [0.2, 0.25) is 0 Å². The van der Waals surface area contributed by atoms with Gasteiger partial charge in [0, 0.05) is 19.2 Å². The van der Waals surface area contributed by atoms with Gasteiger partial charge >= 0.3 is 6.18 Å². The summed E-state index contributed by atoms with van der Waals surface area (Å²) in [7, 11) is 0. The molecule has 102 valence electrons. The molecule has 1 aromatic rings. The third-order valence-corrected chi connectivity index (χ3v) is 2.32. The largest absolute Gasteiger partial charge is 0.478 e. The number of ether oxygens (including phenoxy) is 1. The van der Waals surface area contributed by atoms with Gasteiger partial charge < -0.3 is 9.64 Å². The Labute approximate surface area is 104 Å². The van der Waals surface area contributed by atoms with Crippen molar-refractivity contribution in [3.63, 3.8) is 0 Å². The molecular formula is C11H16F3N3O. The highest BCUT2D eigenvalue weighted by molar-refractivity contribution is 5.35. The summed E-state index contributed by atoms with van der Waals surface area (Å²) in [6.07, 6.45) is -4.50. The molecule has 4 nitrogen and oxygen atoms in total. The molecule has 0 radical (unpaired) electrons. The lowest BCUT2D eigenvalue weighted by Gasteiger charge is -2.20. The van der Waals surface area contributed by atoms with Gasteiger partial charge in [0.05, 0.1) is 6.61 Å². The van der Waals surface area contributed by atoms with Crippen LogP contribution in [0.25, 0.3) is 0 Å². The molecule has 0 atom stereocenters. The average molecular weight is 263 g/mol. The van der Waals surface area contributed by atoms with Gasteiger partial charge in [-0.3, -0.25) is 0 Å². The minimum atomic E-state index is -4.50. The van der Waals surface area contributed by atoms with E-state index in [4.69, 9.17) is 4.74 Å². The van der Waals surface area contributed by atoms with E-state index in [0.29, 0.717) is 13.1 Å². The summed E-state index contributed by atoms with van der Waals surface area (Å²) >= 11 is 0. The Bertz CT molecular complexity index is 392. The van der Waals surface area contributed by atoms with Crippen LogP contribution in [0, 0.1) is 0 Å². The smallest absolute Gasteiger partial charge is 0.433 e. The maximum absolute atomic E-state index is 12.7. The van der Waals surface area contributed by atoms with Gasteiger partial charge in [-0.25, -0.2) is 4.98 Å². The minimum absolute atomic E-state index is 0.0401. The van der Waals surface area contributed by atoms with Gasteiger partial charge in [-0.1, -0.05) is 0 Å². The molecule has 0 spiro atoms. The zero-order chi connectivity index (χ0) is 13.8. The van der Waals surface area contributed by atoms with Crippen molar-refractivity contribution in [3.05, 3.63) is 11.8 Å². The Kier molecular flexibility index (Phi) is 4.75. The fourth-order valence-corrected chi connectivity index (χ4v) is 1.43. The van der Waals surface area contributed by atoms with Crippen LogP contribution in [0.4, 0.5) is 19.1 Å². The first-order chi connectivity index (χ1) is 8.42. The van der Waals surface area contributed by atoms with Gasteiger partial charge in [0.15, 0.2) is 5.69 Å². The van der Waals surface area contributed by atoms with Gasteiger partial charge in [0.1, 0.15) is 0 Å². The van der Waals surface area contributed by atoms with Crippen LogP contribution in [-0.2, 0) is 6.18 Å². The molecule has 0 aliphatic heterocycles. The molecular weight excluding hydrogens is 247 g/mol. The first kappa shape index (κ1) is 14.5. The molecule has 0 unspecified atom stereocenters. The van der Waals surface area contributed by atoms with Crippen LogP contribution in [0.1, 0.15) is 26.5 Å². The van der Waals surface area contributed by atoms with E-state index in [1.807, 2.05) is 13.8 Å². The number of nitrogens with zero attached hydrogens (tertiary/aromatic N) is 3. The summed E-state index contributed by atoms with van der Waals surface area (Å²) < 4.78 is 43.1. The lowest BCUT2D eigenvalue weighted by Crippen LogP contribution is -2.25. The number of aromatic nitrogens is 2. The van der Waals surface area contributed by atoms with Gasteiger partial charge in [0.2, 0.25) is 11.8 Å². The van der Waals surface area contributed by atoms with E-state index in [1.165, 1.54) is 0 Å². The topological polar surface area (TPSA) is 38.2 Å². The van der Waals surface area contributed by atoms with Crippen molar-refractivity contribution in [1.82, 2.24) is 9.97 Å². The molecule has 1 aromatic heterocycles. The number of rotatable bonds is 5. The second-order valence-electron chi connectivity index (χ2n) is 3.49. The third kappa shape index (κ3) is 3.48. The molecule has 0 saturated carbocycles. The SMILES string of the molecule is CCOc1cc(C(F)(F)F)nc(N(CC)CC)n1. The average Bonchev–Trinajstić information content (AvgIpc) is 2.29. The summed E-state index contributed by atoms with van der Waals surface area (Å²) in [5.41, 5.74) is -0.983. The molecule has 0 bridgehead atoms. The predicted molar refractivity (Wildman–Crippen MR) is 61.8 cm³/mol. The van der Waals surface area contributed by atoms with Crippen molar-refractivity contribution in [2.24, 2.45) is 0 Å². The van der Waals surface area contributed by atoms with E-state index in [2.05, 4.69) is 9.97 Å². The Balaban J connectivity index is 3.21. The molecule has 18 heavy (non-hydrogen) atoms. The van der Waals surface area contributed by atoms with E-state index in [9.17, 15) is 13.2 Å². The molecule has 0 amide bonds. The Morgan fingerprint density at radius 1 is 1.17 bits per heavy atom. The summed E-state index contributed by atoms with van der Waals surface area (Å²) in [5, 5.41) is 0. The fourth-order valence-electron chi connectivity index (χ4n) is 1.43. The molecule has 0 aromatic carbocycles. The Morgan fingerprint density at radius 3 is 2.22 bits per heavy atom. The van der Waals surface area contributed by atoms with Crippen LogP contribution in [0.5, 0.6) is 5.88 Å². The molecule has 0 aliphatic rings.